The van der Waals surface area contributed by atoms with Crippen LogP contribution in [0, 0.1) is 17.5 Å². The first-order valence-electron chi connectivity index (χ1n) is 9.90. The van der Waals surface area contributed by atoms with Gasteiger partial charge >= 0.3 is 10.1 Å². The number of nitrogens with one attached hydrogen (secondary N) is 1. The fourth-order valence-electron chi connectivity index (χ4n) is 3.77. The minimum absolute atomic E-state index is 0.0533. The Morgan fingerprint density at radius 1 is 1.03 bits per heavy atom. The molecule has 1 amide bonds. The van der Waals surface area contributed by atoms with Gasteiger partial charge in [-0.2, -0.15) is 16.8 Å². The van der Waals surface area contributed by atoms with Crippen LogP contribution in [0.25, 0.3) is 21.9 Å². The van der Waals surface area contributed by atoms with Crippen molar-refractivity contribution in [2.24, 2.45) is 9.75 Å². The average molecular weight is 597 g/mol. The van der Waals surface area contributed by atoms with E-state index in [1.54, 1.807) is 0 Å². The van der Waals surface area contributed by atoms with Gasteiger partial charge in [-0.05, 0) is 18.2 Å². The average Bonchev–Trinajstić information content (AvgIpc) is 2.81. The number of fused-ring (bicyclic) bond motifs is 1. The maximum Gasteiger partial charge on any atom is 0.300 e. The van der Waals surface area contributed by atoms with Crippen LogP contribution in [-0.2, 0) is 25.0 Å². The summed E-state index contributed by atoms with van der Waals surface area (Å²) in [6.45, 7) is 0.995. The van der Waals surface area contributed by atoms with Gasteiger partial charge in [-0.1, -0.05) is 4.63 Å². The van der Waals surface area contributed by atoms with Gasteiger partial charge in [0.05, 0.1) is 30.0 Å². The van der Waals surface area contributed by atoms with Gasteiger partial charge in [0.1, 0.15) is 16.3 Å². The quantitative estimate of drug-likeness (QED) is 0.156. The molecule has 0 aliphatic rings. The van der Waals surface area contributed by atoms with Gasteiger partial charge in [-0.3, -0.25) is 13.9 Å². The van der Waals surface area contributed by atoms with Crippen LogP contribution in [0.1, 0.15) is 6.92 Å². The second-order valence-corrected chi connectivity index (χ2v) is 10.3. The number of nitrogens with zero attached hydrogens (tertiary/aromatic N) is 3. The highest BCUT2D eigenvalue weighted by Gasteiger charge is 2.34. The lowest BCUT2D eigenvalue weighted by molar-refractivity contribution is -0.117. The molecule has 0 saturated carbocycles. The number of hydrogen-bond donors (Lipinski definition) is 3. The minimum Gasteiger partial charge on any atom is -0.497 e. The number of carbonyl (C=O) groups excluding carboxylic acids is 1. The van der Waals surface area contributed by atoms with Gasteiger partial charge in [-0.25, -0.2) is 23.6 Å². The molecule has 3 N–H and O–H groups in total. The number of hydrogen-bond acceptors (Lipinski definition) is 9. The summed E-state index contributed by atoms with van der Waals surface area (Å²) in [5, 5.41) is 2.01. The Labute approximate surface area is 218 Å². The number of methoxy groups -OCH3 is 1. The highest BCUT2D eigenvalue weighted by Crippen LogP contribution is 2.49. The van der Waals surface area contributed by atoms with Crippen LogP contribution < -0.4 is 15.2 Å². The summed E-state index contributed by atoms with van der Waals surface area (Å²) in [5.41, 5.74) is 0.0590. The van der Waals surface area contributed by atoms with Gasteiger partial charge < -0.3 is 4.74 Å². The van der Waals surface area contributed by atoms with E-state index < -0.39 is 86.7 Å². The fourth-order valence-corrected chi connectivity index (χ4v) is 5.21. The van der Waals surface area contributed by atoms with Gasteiger partial charge in [-0.15, -0.1) is 5.11 Å². The van der Waals surface area contributed by atoms with Crippen molar-refractivity contribution in [3.8, 4) is 16.9 Å². The van der Waals surface area contributed by atoms with Crippen molar-refractivity contribution in [3.05, 3.63) is 41.7 Å². The molecule has 3 aromatic rings. The first-order valence-corrected chi connectivity index (χ1v) is 13.1. The topological polar surface area (TPSA) is 175 Å². The van der Waals surface area contributed by atoms with Crippen molar-refractivity contribution < 1.29 is 48.6 Å². The van der Waals surface area contributed by atoms with Gasteiger partial charge in [0.2, 0.25) is 5.91 Å². The first-order chi connectivity index (χ1) is 17.6. The maximum atomic E-state index is 15.5. The van der Waals surface area contributed by atoms with Crippen LogP contribution >= 0.6 is 11.8 Å². The van der Waals surface area contributed by atoms with E-state index in [0.29, 0.717) is 11.1 Å². The van der Waals surface area contributed by atoms with Crippen molar-refractivity contribution in [1.82, 2.24) is 5.43 Å². The molecule has 0 heterocycles. The smallest absolute Gasteiger partial charge is 0.300 e. The standard InChI is InChI=1S/C20H16ClF3N4O8S2/c1-8(29)28(25-2)19-11(10-5-4-9(36-3)6-13(10)37(30,31)32)7-12-14(18(19)26-27-21)16(23)20(38(33,34)35)17(24)15(12)22/h4-7,25H,1-3H3,(H,30,31,32)(H,33,34,35). The Hall–Kier alpha value is -3.35. The summed E-state index contributed by atoms with van der Waals surface area (Å²) in [5.74, 6) is -7.21. The zero-order valence-corrected chi connectivity index (χ0v) is 21.7. The third-order valence-electron chi connectivity index (χ3n) is 5.24. The number of carbonyl (C=O) groups is 1. The fraction of sp³-hybridized carbons (Fsp3) is 0.150. The maximum absolute atomic E-state index is 15.5. The summed E-state index contributed by atoms with van der Waals surface area (Å²) < 4.78 is 120. The van der Waals surface area contributed by atoms with Crippen LogP contribution in [-0.4, -0.2) is 46.0 Å². The molecule has 0 saturated heterocycles. The van der Waals surface area contributed by atoms with Crippen LogP contribution in [0.3, 0.4) is 0 Å². The molecule has 0 fully saturated rings. The number of hydrazine groups is 1. The molecule has 0 unspecified atom stereocenters. The second kappa shape index (κ2) is 10.4. The second-order valence-electron chi connectivity index (χ2n) is 7.38. The van der Waals surface area contributed by atoms with Crippen LogP contribution in [0.2, 0.25) is 0 Å². The molecule has 3 rings (SSSR count). The molecule has 0 aliphatic heterocycles. The largest absolute Gasteiger partial charge is 0.497 e. The summed E-state index contributed by atoms with van der Waals surface area (Å²) >= 11 is 5.35. The molecule has 0 aromatic heterocycles. The summed E-state index contributed by atoms with van der Waals surface area (Å²) in [4.78, 5) is 9.58. The van der Waals surface area contributed by atoms with Gasteiger partial charge in [0.25, 0.3) is 10.1 Å². The Morgan fingerprint density at radius 3 is 2.13 bits per heavy atom. The minimum atomic E-state index is -5.68. The van der Waals surface area contributed by atoms with E-state index in [1.807, 2.05) is 0 Å². The molecule has 0 aliphatic carbocycles. The van der Waals surface area contributed by atoms with Crippen LogP contribution in [0.4, 0.5) is 24.5 Å². The lowest BCUT2D eigenvalue weighted by Crippen LogP contribution is -2.39. The Bertz CT molecular complexity index is 1730. The molecule has 0 atom stereocenters. The van der Waals surface area contributed by atoms with Crippen molar-refractivity contribution in [2.75, 3.05) is 19.2 Å². The van der Waals surface area contributed by atoms with Gasteiger partial charge in [0.15, 0.2) is 22.3 Å². The van der Waals surface area contributed by atoms with E-state index in [1.165, 1.54) is 20.2 Å². The monoisotopic (exact) mass is 596 g/mol. The molecule has 0 bridgehead atoms. The van der Waals surface area contributed by atoms with E-state index >= 15 is 8.78 Å². The molecular formula is C20H16ClF3N4O8S2. The first kappa shape index (κ1) is 29.2. The third-order valence-corrected chi connectivity index (χ3v) is 7.08. The molecule has 0 spiro atoms. The van der Waals surface area contributed by atoms with Crippen LogP contribution in [0.15, 0.2) is 43.8 Å². The van der Waals surface area contributed by atoms with Crippen LogP contribution in [0.5, 0.6) is 5.75 Å². The number of benzene rings is 3. The highest BCUT2D eigenvalue weighted by molar-refractivity contribution is 7.86. The number of rotatable bonds is 7. The number of anilines is 1. The molecule has 204 valence electrons. The zero-order chi connectivity index (χ0) is 28.7. The molecule has 38 heavy (non-hydrogen) atoms. The molecule has 0 radical (unpaired) electrons. The molecule has 3 aromatic carbocycles. The normalized spacial score (nSPS) is 12.3. The molecular weight excluding hydrogens is 581 g/mol. The van der Waals surface area contributed by atoms with E-state index in [9.17, 15) is 35.1 Å². The summed E-state index contributed by atoms with van der Waals surface area (Å²) in [6.07, 6.45) is 0. The lowest BCUT2D eigenvalue weighted by Gasteiger charge is -2.26. The summed E-state index contributed by atoms with van der Waals surface area (Å²) in [6, 6.07) is 3.84. The Balaban J connectivity index is 2.78. The summed E-state index contributed by atoms with van der Waals surface area (Å²) in [7, 11) is -8.35. The van der Waals surface area contributed by atoms with Crippen molar-refractivity contribution >= 4 is 60.1 Å². The predicted molar refractivity (Wildman–Crippen MR) is 128 cm³/mol. The Morgan fingerprint density at radius 2 is 1.66 bits per heavy atom. The van der Waals surface area contributed by atoms with E-state index in [4.69, 9.17) is 16.5 Å². The van der Waals surface area contributed by atoms with Crippen molar-refractivity contribution in [1.29, 1.82) is 0 Å². The predicted octanol–water partition coefficient (Wildman–Crippen LogP) is 4.15. The molecule has 12 nitrogen and oxygen atoms in total. The van der Waals surface area contributed by atoms with Crippen molar-refractivity contribution in [3.63, 3.8) is 0 Å². The van der Waals surface area contributed by atoms with E-state index in [0.717, 1.165) is 19.1 Å². The number of amides is 1. The molecule has 18 heteroatoms. The number of halogens is 4. The third kappa shape index (κ3) is 5.03. The van der Waals surface area contributed by atoms with E-state index in [-0.39, 0.29) is 5.75 Å². The van der Waals surface area contributed by atoms with E-state index in [2.05, 4.69) is 15.2 Å². The highest BCUT2D eigenvalue weighted by atomic mass is 35.5. The number of ether oxygens (including phenoxy) is 1. The lowest BCUT2D eigenvalue weighted by atomic mass is 9.95. The Kier molecular flexibility index (Phi) is 8.02. The van der Waals surface area contributed by atoms with Gasteiger partial charge in [0, 0.05) is 36.6 Å². The SMILES string of the molecule is CNN(C(C)=O)c1c(-c2ccc(OC)cc2S(=O)(=O)O)cc2c(F)c(F)c(S(=O)(=O)O)c(F)c2c1N=NCl. The van der Waals surface area contributed by atoms with Crippen molar-refractivity contribution in [2.45, 2.75) is 16.7 Å². The zero-order valence-electron chi connectivity index (χ0n) is 19.3.